The summed E-state index contributed by atoms with van der Waals surface area (Å²) < 4.78 is 5.06. The molecular formula is C10H11ClN4O. The van der Waals surface area contributed by atoms with Crippen molar-refractivity contribution in [2.75, 3.05) is 5.32 Å². The number of rotatable bonds is 3. The summed E-state index contributed by atoms with van der Waals surface area (Å²) in [6.45, 7) is 4.35. The number of nitrogens with zero attached hydrogens (tertiary/aromatic N) is 3. The van der Waals surface area contributed by atoms with Gasteiger partial charge in [0, 0.05) is 12.1 Å². The fourth-order valence-corrected chi connectivity index (χ4v) is 1.54. The second kappa shape index (κ2) is 4.49. The molecule has 1 N–H and O–H groups in total. The molecule has 0 radical (unpaired) electrons. The van der Waals surface area contributed by atoms with Gasteiger partial charge in [-0.15, -0.1) is 0 Å². The van der Waals surface area contributed by atoms with Crippen molar-refractivity contribution in [3.05, 3.63) is 34.6 Å². The molecule has 0 aromatic carbocycles. The van der Waals surface area contributed by atoms with Crippen LogP contribution < -0.4 is 5.32 Å². The van der Waals surface area contributed by atoms with Gasteiger partial charge in [-0.1, -0.05) is 16.8 Å². The second-order valence-corrected chi connectivity index (χ2v) is 3.78. The molecule has 16 heavy (non-hydrogen) atoms. The Hall–Kier alpha value is -1.62. The SMILES string of the molecule is Cc1noc(C)c1CNc1ncncc1Cl. The average molecular weight is 239 g/mol. The molecule has 0 aliphatic heterocycles. The number of aryl methyl sites for hydroxylation is 2. The molecule has 0 bridgehead atoms. The third-order valence-electron chi connectivity index (χ3n) is 2.28. The molecule has 0 aliphatic carbocycles. The molecule has 0 aliphatic rings. The van der Waals surface area contributed by atoms with Gasteiger partial charge in [-0.2, -0.15) is 0 Å². The smallest absolute Gasteiger partial charge is 0.148 e. The number of anilines is 1. The number of nitrogens with one attached hydrogen (secondary N) is 1. The predicted octanol–water partition coefficient (Wildman–Crippen LogP) is 2.35. The zero-order valence-corrected chi connectivity index (χ0v) is 9.75. The van der Waals surface area contributed by atoms with Crippen molar-refractivity contribution in [1.29, 1.82) is 0 Å². The van der Waals surface area contributed by atoms with Gasteiger partial charge in [0.15, 0.2) is 0 Å². The maximum absolute atomic E-state index is 5.92. The Labute approximate surface area is 97.8 Å². The van der Waals surface area contributed by atoms with Gasteiger partial charge in [0.05, 0.1) is 11.9 Å². The maximum Gasteiger partial charge on any atom is 0.148 e. The van der Waals surface area contributed by atoms with Crippen LogP contribution in [0.4, 0.5) is 5.82 Å². The van der Waals surface area contributed by atoms with Crippen molar-refractivity contribution < 1.29 is 4.52 Å². The van der Waals surface area contributed by atoms with E-state index >= 15 is 0 Å². The minimum atomic E-state index is 0.495. The Morgan fingerprint density at radius 1 is 1.44 bits per heavy atom. The Morgan fingerprint density at radius 2 is 2.25 bits per heavy atom. The average Bonchev–Trinajstić information content (AvgIpc) is 2.58. The predicted molar refractivity (Wildman–Crippen MR) is 60.3 cm³/mol. The topological polar surface area (TPSA) is 63.8 Å². The lowest BCUT2D eigenvalue weighted by atomic mass is 10.2. The standard InChI is InChI=1S/C10H11ClN4O/c1-6-8(7(2)16-15-6)3-13-10-9(11)4-12-5-14-10/h4-5H,3H2,1-2H3,(H,12,13,14). The highest BCUT2D eigenvalue weighted by molar-refractivity contribution is 6.32. The van der Waals surface area contributed by atoms with Crippen LogP contribution in [0.5, 0.6) is 0 Å². The van der Waals surface area contributed by atoms with Gasteiger partial charge < -0.3 is 9.84 Å². The number of hydrogen-bond acceptors (Lipinski definition) is 5. The van der Waals surface area contributed by atoms with Crippen LogP contribution in [-0.2, 0) is 6.54 Å². The lowest BCUT2D eigenvalue weighted by Crippen LogP contribution is -2.03. The first-order chi connectivity index (χ1) is 7.68. The summed E-state index contributed by atoms with van der Waals surface area (Å²) in [4.78, 5) is 7.84. The van der Waals surface area contributed by atoms with Crippen LogP contribution in [0.3, 0.4) is 0 Å². The van der Waals surface area contributed by atoms with E-state index < -0.39 is 0 Å². The molecule has 0 amide bonds. The summed E-state index contributed by atoms with van der Waals surface area (Å²) in [5.41, 5.74) is 1.89. The first kappa shape index (κ1) is 10.9. The van der Waals surface area contributed by atoms with E-state index in [1.54, 1.807) is 6.20 Å². The van der Waals surface area contributed by atoms with Crippen molar-refractivity contribution >= 4 is 17.4 Å². The summed E-state index contributed by atoms with van der Waals surface area (Å²) in [5.74, 6) is 1.41. The molecule has 0 saturated heterocycles. The van der Waals surface area contributed by atoms with Crippen molar-refractivity contribution in [2.24, 2.45) is 0 Å². The molecule has 5 nitrogen and oxygen atoms in total. The van der Waals surface area contributed by atoms with Crippen LogP contribution >= 0.6 is 11.6 Å². The number of halogens is 1. The van der Waals surface area contributed by atoms with E-state index in [-0.39, 0.29) is 0 Å². The molecule has 2 rings (SSSR count). The van der Waals surface area contributed by atoms with E-state index in [0.717, 1.165) is 17.0 Å². The van der Waals surface area contributed by atoms with Gasteiger partial charge in [0.1, 0.15) is 22.9 Å². The van der Waals surface area contributed by atoms with Crippen molar-refractivity contribution in [3.63, 3.8) is 0 Å². The minimum Gasteiger partial charge on any atom is -0.364 e. The third kappa shape index (κ3) is 2.14. The van der Waals surface area contributed by atoms with E-state index in [9.17, 15) is 0 Å². The molecule has 2 aromatic rings. The Morgan fingerprint density at radius 3 is 2.88 bits per heavy atom. The summed E-state index contributed by atoms with van der Waals surface area (Å²) in [6, 6.07) is 0. The summed E-state index contributed by atoms with van der Waals surface area (Å²) in [7, 11) is 0. The zero-order chi connectivity index (χ0) is 11.5. The molecule has 0 atom stereocenters. The van der Waals surface area contributed by atoms with Crippen molar-refractivity contribution in [2.45, 2.75) is 20.4 Å². The van der Waals surface area contributed by atoms with Crippen LogP contribution in [-0.4, -0.2) is 15.1 Å². The Balaban J connectivity index is 2.11. The summed E-state index contributed by atoms with van der Waals surface area (Å²) in [6.07, 6.45) is 2.99. The zero-order valence-electron chi connectivity index (χ0n) is 8.99. The molecule has 84 valence electrons. The van der Waals surface area contributed by atoms with Crippen LogP contribution in [0.2, 0.25) is 5.02 Å². The highest BCUT2D eigenvalue weighted by Gasteiger charge is 2.09. The fourth-order valence-electron chi connectivity index (χ4n) is 1.37. The molecule has 6 heteroatoms. The first-order valence-electron chi connectivity index (χ1n) is 4.79. The highest BCUT2D eigenvalue weighted by Crippen LogP contribution is 2.19. The van der Waals surface area contributed by atoms with Gasteiger partial charge in [-0.05, 0) is 13.8 Å². The van der Waals surface area contributed by atoms with Crippen LogP contribution in [0.1, 0.15) is 17.0 Å². The van der Waals surface area contributed by atoms with Crippen LogP contribution in [0, 0.1) is 13.8 Å². The van der Waals surface area contributed by atoms with Gasteiger partial charge in [-0.3, -0.25) is 0 Å². The van der Waals surface area contributed by atoms with E-state index in [1.165, 1.54) is 6.33 Å². The quantitative estimate of drug-likeness (QED) is 0.889. The van der Waals surface area contributed by atoms with Crippen LogP contribution in [0.15, 0.2) is 17.0 Å². The van der Waals surface area contributed by atoms with E-state index in [0.29, 0.717) is 17.4 Å². The molecular weight excluding hydrogens is 228 g/mol. The molecule has 0 unspecified atom stereocenters. The van der Waals surface area contributed by atoms with Gasteiger partial charge in [0.25, 0.3) is 0 Å². The maximum atomic E-state index is 5.92. The number of aromatic nitrogens is 3. The van der Waals surface area contributed by atoms with Gasteiger partial charge in [-0.25, -0.2) is 9.97 Å². The van der Waals surface area contributed by atoms with E-state index in [1.807, 2.05) is 13.8 Å². The van der Waals surface area contributed by atoms with Crippen molar-refractivity contribution in [3.8, 4) is 0 Å². The monoisotopic (exact) mass is 238 g/mol. The Kier molecular flexibility index (Phi) is 3.05. The lowest BCUT2D eigenvalue weighted by molar-refractivity contribution is 0.392. The number of hydrogen-bond donors (Lipinski definition) is 1. The third-order valence-corrected chi connectivity index (χ3v) is 2.56. The van der Waals surface area contributed by atoms with Crippen molar-refractivity contribution in [1.82, 2.24) is 15.1 Å². The summed E-state index contributed by atoms with van der Waals surface area (Å²) in [5, 5.41) is 7.48. The molecule has 0 saturated carbocycles. The molecule has 0 fully saturated rings. The normalized spacial score (nSPS) is 10.4. The molecule has 2 aromatic heterocycles. The lowest BCUT2D eigenvalue weighted by Gasteiger charge is -2.05. The first-order valence-corrected chi connectivity index (χ1v) is 5.17. The minimum absolute atomic E-state index is 0.495. The highest BCUT2D eigenvalue weighted by atomic mass is 35.5. The molecule has 2 heterocycles. The Bertz CT molecular complexity index is 478. The largest absolute Gasteiger partial charge is 0.364 e. The van der Waals surface area contributed by atoms with E-state index in [2.05, 4.69) is 20.4 Å². The van der Waals surface area contributed by atoms with Crippen LogP contribution in [0.25, 0.3) is 0 Å². The fraction of sp³-hybridized carbons (Fsp3) is 0.300. The summed E-state index contributed by atoms with van der Waals surface area (Å²) >= 11 is 5.92. The van der Waals surface area contributed by atoms with Gasteiger partial charge >= 0.3 is 0 Å². The van der Waals surface area contributed by atoms with E-state index in [4.69, 9.17) is 16.1 Å². The molecule has 0 spiro atoms. The van der Waals surface area contributed by atoms with Gasteiger partial charge in [0.2, 0.25) is 0 Å². The second-order valence-electron chi connectivity index (χ2n) is 3.38.